The third-order valence-electron chi connectivity index (χ3n) is 5.42. The number of hydrogen-bond donors (Lipinski definition) is 0. The lowest BCUT2D eigenvalue weighted by atomic mass is 10.0. The van der Waals surface area contributed by atoms with E-state index >= 15 is 0 Å². The summed E-state index contributed by atoms with van der Waals surface area (Å²) in [6.45, 7) is 16.3. The van der Waals surface area contributed by atoms with Gasteiger partial charge >= 0.3 is 0 Å². The van der Waals surface area contributed by atoms with Crippen LogP contribution in [0.25, 0.3) is 0 Å². The van der Waals surface area contributed by atoms with Crippen LogP contribution in [0.3, 0.4) is 0 Å². The molecule has 0 aromatic rings. The van der Waals surface area contributed by atoms with Gasteiger partial charge in [-0.05, 0) is 49.7 Å². The maximum absolute atomic E-state index is 6.68. The maximum atomic E-state index is 6.68. The highest BCUT2D eigenvalue weighted by Gasteiger charge is 2.40. The molecular weight excluding hydrogens is 403 g/mol. The Balaban J connectivity index is 2.59. The molecule has 1 rings (SSSR count). The molecular formula is C18H37IO2Si. The summed E-state index contributed by atoms with van der Waals surface area (Å²) in [5.41, 5.74) is 0. The molecule has 0 spiro atoms. The highest BCUT2D eigenvalue weighted by Crippen LogP contribution is 2.39. The summed E-state index contributed by atoms with van der Waals surface area (Å²) in [6, 6.07) is 0. The van der Waals surface area contributed by atoms with E-state index < -0.39 is 8.32 Å². The second kappa shape index (κ2) is 8.81. The van der Waals surface area contributed by atoms with Crippen molar-refractivity contribution in [2.75, 3.05) is 4.43 Å². The average molecular weight is 440 g/mol. The van der Waals surface area contributed by atoms with Crippen molar-refractivity contribution in [2.24, 2.45) is 5.92 Å². The van der Waals surface area contributed by atoms with Crippen molar-refractivity contribution in [3.8, 4) is 0 Å². The number of alkyl halides is 1. The number of ether oxygens (including phenoxy) is 1. The monoisotopic (exact) mass is 440 g/mol. The van der Waals surface area contributed by atoms with Crippen molar-refractivity contribution < 1.29 is 9.16 Å². The van der Waals surface area contributed by atoms with Crippen LogP contribution in [0.4, 0.5) is 0 Å². The smallest absolute Gasteiger partial charge is 0.192 e. The van der Waals surface area contributed by atoms with Crippen molar-refractivity contribution in [2.45, 2.75) is 103 Å². The van der Waals surface area contributed by atoms with Crippen molar-refractivity contribution in [1.29, 1.82) is 0 Å². The van der Waals surface area contributed by atoms with Gasteiger partial charge in [-0.2, -0.15) is 0 Å². The molecule has 0 aliphatic carbocycles. The van der Waals surface area contributed by atoms with Gasteiger partial charge < -0.3 is 9.16 Å². The molecule has 0 aromatic carbocycles. The third kappa shape index (κ3) is 6.06. The van der Waals surface area contributed by atoms with Crippen LogP contribution in [0.1, 0.15) is 66.7 Å². The van der Waals surface area contributed by atoms with Crippen LogP contribution in [-0.4, -0.2) is 31.1 Å². The minimum absolute atomic E-state index is 0.286. The van der Waals surface area contributed by atoms with Gasteiger partial charge in [-0.15, -0.1) is 0 Å². The topological polar surface area (TPSA) is 18.5 Å². The molecule has 132 valence electrons. The highest BCUT2D eigenvalue weighted by atomic mass is 127. The summed E-state index contributed by atoms with van der Waals surface area (Å²) in [5.74, 6) is 0.677. The Hall–Kier alpha value is 0.867. The Labute approximate surface area is 153 Å². The molecule has 1 aliphatic heterocycles. The van der Waals surface area contributed by atoms with Crippen molar-refractivity contribution >= 4 is 30.9 Å². The molecule has 2 nitrogen and oxygen atoms in total. The molecule has 4 atom stereocenters. The van der Waals surface area contributed by atoms with Gasteiger partial charge in [0.15, 0.2) is 8.32 Å². The minimum Gasteiger partial charge on any atom is -0.414 e. The zero-order chi connectivity index (χ0) is 17.0. The fraction of sp³-hybridized carbons (Fsp3) is 1.00. The summed E-state index contributed by atoms with van der Waals surface area (Å²) in [4.78, 5) is 0. The lowest BCUT2D eigenvalue weighted by Crippen LogP contribution is -2.44. The standard InChI is InChI=1S/C18H37IO2Si/c1-8-9-16(21-22(6,7)18(3,4)5)12-15-10-11-17(20-15)14(2)13-19/h14-17H,8-13H2,1-7H3/t14-,15-,16-,17+/m0/s1. The first-order valence-electron chi connectivity index (χ1n) is 9.00. The van der Waals surface area contributed by atoms with Crippen LogP contribution < -0.4 is 0 Å². The summed E-state index contributed by atoms with van der Waals surface area (Å²) >= 11 is 2.48. The van der Waals surface area contributed by atoms with Gasteiger partial charge in [-0.1, -0.05) is 63.6 Å². The molecule has 22 heavy (non-hydrogen) atoms. The van der Waals surface area contributed by atoms with Gasteiger partial charge in [-0.25, -0.2) is 0 Å². The predicted molar refractivity (Wildman–Crippen MR) is 108 cm³/mol. The van der Waals surface area contributed by atoms with Crippen LogP contribution in [0, 0.1) is 5.92 Å². The van der Waals surface area contributed by atoms with Crippen LogP contribution in [-0.2, 0) is 9.16 Å². The van der Waals surface area contributed by atoms with Crippen LogP contribution in [0.2, 0.25) is 18.1 Å². The zero-order valence-electron chi connectivity index (χ0n) is 15.7. The minimum atomic E-state index is -1.68. The highest BCUT2D eigenvalue weighted by molar-refractivity contribution is 14.1. The molecule has 0 radical (unpaired) electrons. The quantitative estimate of drug-likeness (QED) is 0.255. The molecule has 0 amide bonds. The van der Waals surface area contributed by atoms with Crippen LogP contribution >= 0.6 is 22.6 Å². The fourth-order valence-electron chi connectivity index (χ4n) is 2.86. The second-order valence-corrected chi connectivity index (χ2v) is 14.2. The molecule has 0 unspecified atom stereocenters. The van der Waals surface area contributed by atoms with Gasteiger partial charge in [-0.3, -0.25) is 0 Å². The first-order chi connectivity index (χ1) is 10.1. The summed E-state index contributed by atoms with van der Waals surface area (Å²) in [6.07, 6.45) is 7.15. The van der Waals surface area contributed by atoms with E-state index in [1.165, 1.54) is 30.1 Å². The Morgan fingerprint density at radius 1 is 1.27 bits per heavy atom. The number of rotatable bonds is 8. The lowest BCUT2D eigenvalue weighted by Gasteiger charge is -2.40. The van der Waals surface area contributed by atoms with E-state index in [-0.39, 0.29) is 5.04 Å². The molecule has 0 aromatic heterocycles. The van der Waals surface area contributed by atoms with E-state index in [4.69, 9.17) is 9.16 Å². The fourth-order valence-corrected chi connectivity index (χ4v) is 4.83. The average Bonchev–Trinajstić information content (AvgIpc) is 2.84. The molecule has 0 saturated carbocycles. The summed E-state index contributed by atoms with van der Waals surface area (Å²) in [5, 5.41) is 0.286. The lowest BCUT2D eigenvalue weighted by molar-refractivity contribution is -0.00380. The Kier molecular flexibility index (Phi) is 8.38. The first-order valence-corrected chi connectivity index (χ1v) is 13.4. The van der Waals surface area contributed by atoms with Gasteiger partial charge in [0.2, 0.25) is 0 Å². The van der Waals surface area contributed by atoms with Crippen molar-refractivity contribution in [3.05, 3.63) is 0 Å². The van der Waals surface area contributed by atoms with Gasteiger partial charge in [0.1, 0.15) is 0 Å². The predicted octanol–water partition coefficient (Wildman–Crippen LogP) is 6.19. The van der Waals surface area contributed by atoms with E-state index in [2.05, 4.69) is 70.3 Å². The second-order valence-electron chi connectivity index (χ2n) is 8.53. The molecule has 0 bridgehead atoms. The van der Waals surface area contributed by atoms with Crippen LogP contribution in [0.15, 0.2) is 0 Å². The summed E-state index contributed by atoms with van der Waals surface area (Å²) < 4.78 is 14.2. The molecule has 4 heteroatoms. The molecule has 1 heterocycles. The number of hydrogen-bond acceptors (Lipinski definition) is 2. The Morgan fingerprint density at radius 3 is 2.41 bits per heavy atom. The summed E-state index contributed by atoms with van der Waals surface area (Å²) in [7, 11) is -1.68. The van der Waals surface area contributed by atoms with Crippen LogP contribution in [0.5, 0.6) is 0 Å². The maximum Gasteiger partial charge on any atom is 0.192 e. The van der Waals surface area contributed by atoms with E-state index in [0.717, 1.165) is 6.42 Å². The molecule has 1 aliphatic rings. The first kappa shape index (κ1) is 20.9. The van der Waals surface area contributed by atoms with E-state index in [1.807, 2.05) is 0 Å². The number of halogens is 1. The molecule has 1 fully saturated rings. The Bertz CT molecular complexity index is 328. The van der Waals surface area contributed by atoms with Crippen molar-refractivity contribution in [1.82, 2.24) is 0 Å². The van der Waals surface area contributed by atoms with Gasteiger partial charge in [0.05, 0.1) is 12.2 Å². The third-order valence-corrected chi connectivity index (χ3v) is 11.3. The van der Waals surface area contributed by atoms with Gasteiger partial charge in [0, 0.05) is 10.5 Å². The molecule has 0 N–H and O–H groups in total. The van der Waals surface area contributed by atoms with E-state index in [1.54, 1.807) is 0 Å². The zero-order valence-corrected chi connectivity index (χ0v) is 18.9. The van der Waals surface area contributed by atoms with Crippen molar-refractivity contribution in [3.63, 3.8) is 0 Å². The van der Waals surface area contributed by atoms with E-state index in [0.29, 0.717) is 24.2 Å². The van der Waals surface area contributed by atoms with E-state index in [9.17, 15) is 0 Å². The largest absolute Gasteiger partial charge is 0.414 e. The Morgan fingerprint density at radius 2 is 1.91 bits per heavy atom. The normalized spacial score (nSPS) is 26.2. The SMILES string of the molecule is CCC[C@@H](C[C@@H]1CC[C@H]([C@@H](C)CI)O1)O[Si](C)(C)C(C)(C)C. The van der Waals surface area contributed by atoms with Gasteiger partial charge in [0.25, 0.3) is 0 Å². The molecule has 1 saturated heterocycles.